The van der Waals surface area contributed by atoms with E-state index >= 15 is 0 Å². The lowest BCUT2D eigenvalue weighted by atomic mass is 9.99. The molecule has 2 heterocycles. The van der Waals surface area contributed by atoms with Crippen LogP contribution in [0, 0.1) is 0 Å². The third-order valence-corrected chi connectivity index (χ3v) is 2.81. The Kier molecular flexibility index (Phi) is 2.56. The van der Waals surface area contributed by atoms with Gasteiger partial charge in [-0.3, -0.25) is 0 Å². The molecule has 1 saturated heterocycles. The first-order valence-electron chi connectivity index (χ1n) is 5.03. The SMILES string of the molecule is CC1(C)OCCC1NCc1cnc[nH]1. The number of aromatic nitrogens is 2. The van der Waals surface area contributed by atoms with Crippen LogP contribution in [-0.4, -0.2) is 28.2 Å². The molecule has 2 N–H and O–H groups in total. The summed E-state index contributed by atoms with van der Waals surface area (Å²) < 4.78 is 5.63. The molecular formula is C10H17N3O. The molecule has 1 unspecified atom stereocenters. The predicted molar refractivity (Wildman–Crippen MR) is 53.9 cm³/mol. The van der Waals surface area contributed by atoms with Gasteiger partial charge in [0.25, 0.3) is 0 Å². The van der Waals surface area contributed by atoms with Crippen LogP contribution in [-0.2, 0) is 11.3 Å². The van der Waals surface area contributed by atoms with E-state index in [1.54, 1.807) is 6.33 Å². The molecule has 1 aliphatic rings. The van der Waals surface area contributed by atoms with Gasteiger partial charge in [-0.1, -0.05) is 0 Å². The lowest BCUT2D eigenvalue weighted by Gasteiger charge is -2.26. The number of nitrogens with one attached hydrogen (secondary N) is 2. The number of nitrogens with zero attached hydrogens (tertiary/aromatic N) is 1. The molecule has 1 fully saturated rings. The molecule has 0 spiro atoms. The van der Waals surface area contributed by atoms with Crippen LogP contribution in [0.3, 0.4) is 0 Å². The second-order valence-corrected chi connectivity index (χ2v) is 4.25. The van der Waals surface area contributed by atoms with Gasteiger partial charge in [0.05, 0.1) is 11.9 Å². The van der Waals surface area contributed by atoms with E-state index in [2.05, 4.69) is 29.1 Å². The summed E-state index contributed by atoms with van der Waals surface area (Å²) in [5.41, 5.74) is 1.08. The average molecular weight is 195 g/mol. The molecule has 2 rings (SSSR count). The number of rotatable bonds is 3. The zero-order valence-corrected chi connectivity index (χ0v) is 8.71. The highest BCUT2D eigenvalue weighted by Gasteiger charge is 2.35. The first-order chi connectivity index (χ1) is 6.68. The van der Waals surface area contributed by atoms with Crippen LogP contribution in [0.25, 0.3) is 0 Å². The number of ether oxygens (including phenoxy) is 1. The molecular weight excluding hydrogens is 178 g/mol. The molecule has 14 heavy (non-hydrogen) atoms. The van der Waals surface area contributed by atoms with Gasteiger partial charge in [-0.25, -0.2) is 4.98 Å². The second-order valence-electron chi connectivity index (χ2n) is 4.25. The Labute approximate surface area is 84.1 Å². The Morgan fingerprint density at radius 3 is 3.14 bits per heavy atom. The lowest BCUT2D eigenvalue weighted by Crippen LogP contribution is -2.42. The molecule has 0 aliphatic carbocycles. The molecule has 0 aromatic carbocycles. The molecule has 0 bridgehead atoms. The maximum Gasteiger partial charge on any atom is 0.0922 e. The number of hydrogen-bond acceptors (Lipinski definition) is 3. The van der Waals surface area contributed by atoms with Crippen LogP contribution in [0.1, 0.15) is 26.0 Å². The molecule has 78 valence electrons. The van der Waals surface area contributed by atoms with E-state index in [1.807, 2.05) is 6.20 Å². The van der Waals surface area contributed by atoms with Crippen molar-refractivity contribution in [2.24, 2.45) is 0 Å². The van der Waals surface area contributed by atoms with Crippen LogP contribution in [0.15, 0.2) is 12.5 Å². The van der Waals surface area contributed by atoms with Gasteiger partial charge >= 0.3 is 0 Å². The monoisotopic (exact) mass is 195 g/mol. The normalized spacial score (nSPS) is 25.4. The van der Waals surface area contributed by atoms with Gasteiger partial charge < -0.3 is 15.0 Å². The summed E-state index contributed by atoms with van der Waals surface area (Å²) in [7, 11) is 0. The van der Waals surface area contributed by atoms with E-state index in [9.17, 15) is 0 Å². The van der Waals surface area contributed by atoms with Crippen LogP contribution in [0.5, 0.6) is 0 Å². The van der Waals surface area contributed by atoms with Crippen LogP contribution >= 0.6 is 0 Å². The summed E-state index contributed by atoms with van der Waals surface area (Å²) in [6.45, 7) is 5.94. The van der Waals surface area contributed by atoms with E-state index in [4.69, 9.17) is 4.74 Å². The number of aromatic amines is 1. The zero-order chi connectivity index (χ0) is 10.0. The van der Waals surface area contributed by atoms with Crippen molar-refractivity contribution >= 4 is 0 Å². The van der Waals surface area contributed by atoms with Gasteiger partial charge in [-0.05, 0) is 20.3 Å². The fourth-order valence-corrected chi connectivity index (χ4v) is 1.85. The van der Waals surface area contributed by atoms with Crippen LogP contribution < -0.4 is 5.32 Å². The van der Waals surface area contributed by atoms with Crippen LogP contribution in [0.2, 0.25) is 0 Å². The van der Waals surface area contributed by atoms with Crippen molar-refractivity contribution in [1.82, 2.24) is 15.3 Å². The molecule has 1 aliphatic heterocycles. The molecule has 1 aromatic heterocycles. The Morgan fingerprint density at radius 2 is 2.57 bits per heavy atom. The Hall–Kier alpha value is -0.870. The Morgan fingerprint density at radius 1 is 1.71 bits per heavy atom. The molecule has 0 saturated carbocycles. The Bertz CT molecular complexity index is 282. The minimum Gasteiger partial charge on any atom is -0.374 e. The predicted octanol–water partition coefficient (Wildman–Crippen LogP) is 1.07. The summed E-state index contributed by atoms with van der Waals surface area (Å²) in [6.07, 6.45) is 4.63. The summed E-state index contributed by atoms with van der Waals surface area (Å²) in [4.78, 5) is 7.05. The van der Waals surface area contributed by atoms with Crippen LogP contribution in [0.4, 0.5) is 0 Å². The molecule has 4 nitrogen and oxygen atoms in total. The number of H-pyrrole nitrogens is 1. The van der Waals surface area contributed by atoms with E-state index < -0.39 is 0 Å². The van der Waals surface area contributed by atoms with Gasteiger partial charge in [0.2, 0.25) is 0 Å². The van der Waals surface area contributed by atoms with Crippen molar-refractivity contribution in [1.29, 1.82) is 0 Å². The molecule has 1 aromatic rings. The van der Waals surface area contributed by atoms with Crippen molar-refractivity contribution in [3.8, 4) is 0 Å². The van der Waals surface area contributed by atoms with E-state index in [0.717, 1.165) is 25.3 Å². The summed E-state index contributed by atoms with van der Waals surface area (Å²) in [6, 6.07) is 0.436. The highest BCUT2D eigenvalue weighted by molar-refractivity contribution is 4.97. The number of imidazole rings is 1. The standard InChI is InChI=1S/C10H17N3O/c1-10(2)9(3-4-14-10)12-6-8-5-11-7-13-8/h5,7,9,12H,3-4,6H2,1-2H3,(H,11,13). The average Bonchev–Trinajstić information content (AvgIpc) is 2.71. The van der Waals surface area contributed by atoms with Gasteiger partial charge in [-0.2, -0.15) is 0 Å². The van der Waals surface area contributed by atoms with Gasteiger partial charge in [-0.15, -0.1) is 0 Å². The first kappa shape index (κ1) is 9.68. The van der Waals surface area contributed by atoms with Crippen molar-refractivity contribution in [3.05, 3.63) is 18.2 Å². The maximum atomic E-state index is 5.63. The molecule has 0 radical (unpaired) electrons. The van der Waals surface area contributed by atoms with Gasteiger partial charge in [0, 0.05) is 31.1 Å². The minimum atomic E-state index is -0.0416. The fraction of sp³-hybridized carbons (Fsp3) is 0.700. The summed E-state index contributed by atoms with van der Waals surface area (Å²) in [5, 5.41) is 3.48. The summed E-state index contributed by atoms with van der Waals surface area (Å²) in [5.74, 6) is 0. The fourth-order valence-electron chi connectivity index (χ4n) is 1.85. The molecule has 1 atom stereocenters. The zero-order valence-electron chi connectivity index (χ0n) is 8.71. The smallest absolute Gasteiger partial charge is 0.0922 e. The summed E-state index contributed by atoms with van der Waals surface area (Å²) >= 11 is 0. The van der Waals surface area contributed by atoms with Gasteiger partial charge in [0.15, 0.2) is 0 Å². The molecule has 4 heteroatoms. The highest BCUT2D eigenvalue weighted by atomic mass is 16.5. The molecule has 0 amide bonds. The third kappa shape index (κ3) is 1.96. The van der Waals surface area contributed by atoms with Crippen molar-refractivity contribution in [3.63, 3.8) is 0 Å². The van der Waals surface area contributed by atoms with Crippen molar-refractivity contribution < 1.29 is 4.74 Å². The highest BCUT2D eigenvalue weighted by Crippen LogP contribution is 2.24. The van der Waals surface area contributed by atoms with E-state index in [1.165, 1.54) is 0 Å². The topological polar surface area (TPSA) is 49.9 Å². The first-order valence-corrected chi connectivity index (χ1v) is 5.03. The van der Waals surface area contributed by atoms with Crippen molar-refractivity contribution in [2.45, 2.75) is 38.5 Å². The van der Waals surface area contributed by atoms with Crippen molar-refractivity contribution in [2.75, 3.05) is 6.61 Å². The number of hydrogen-bond donors (Lipinski definition) is 2. The quantitative estimate of drug-likeness (QED) is 0.758. The van der Waals surface area contributed by atoms with E-state index in [0.29, 0.717) is 6.04 Å². The van der Waals surface area contributed by atoms with Gasteiger partial charge in [0.1, 0.15) is 0 Å². The lowest BCUT2D eigenvalue weighted by molar-refractivity contribution is 0.0213. The Balaban J connectivity index is 1.86. The maximum absolute atomic E-state index is 5.63. The largest absolute Gasteiger partial charge is 0.374 e. The van der Waals surface area contributed by atoms with E-state index in [-0.39, 0.29) is 5.60 Å². The third-order valence-electron chi connectivity index (χ3n) is 2.81. The second kappa shape index (κ2) is 3.71. The minimum absolute atomic E-state index is 0.0416.